The van der Waals surface area contributed by atoms with E-state index in [9.17, 15) is 0 Å². The summed E-state index contributed by atoms with van der Waals surface area (Å²) in [5.74, 6) is 1.82. The number of nitrogen functional groups attached to an aromatic ring is 1. The van der Waals surface area contributed by atoms with Crippen LogP contribution in [0.25, 0.3) is 11.2 Å². The molecule has 0 atom stereocenters. The third kappa shape index (κ3) is 2.35. The average Bonchev–Trinajstić information content (AvgIpc) is 2.92. The Hall–Kier alpha value is -2.00. The van der Waals surface area contributed by atoms with Crippen LogP contribution >= 0.6 is 27.7 Å². The van der Waals surface area contributed by atoms with Crippen LogP contribution in [-0.4, -0.2) is 33.1 Å². The number of aromatic amines is 1. The van der Waals surface area contributed by atoms with Crippen LogP contribution in [0.1, 0.15) is 0 Å². The Morgan fingerprint density at radius 3 is 2.73 bits per heavy atom. The Kier molecular flexibility index (Phi) is 3.30. The molecule has 2 aromatic heterocycles. The molecule has 22 heavy (non-hydrogen) atoms. The lowest BCUT2D eigenvalue weighted by atomic mass is 10.3. The highest BCUT2D eigenvalue weighted by molar-refractivity contribution is 9.10. The fraction of sp³-hybridized carbons (Fsp3) is 0.154. The number of H-pyrrole nitrogens is 1. The minimum atomic E-state index is 0.356. The van der Waals surface area contributed by atoms with Crippen molar-refractivity contribution in [2.75, 3.05) is 18.9 Å². The monoisotopic (exact) mass is 379 g/mol. The summed E-state index contributed by atoms with van der Waals surface area (Å²) >= 11 is 4.99. The van der Waals surface area contributed by atoms with E-state index in [1.165, 1.54) is 18.1 Å². The van der Waals surface area contributed by atoms with Crippen LogP contribution in [0.15, 0.2) is 33.0 Å². The summed E-state index contributed by atoms with van der Waals surface area (Å²) < 4.78 is 12.1. The van der Waals surface area contributed by atoms with Crippen molar-refractivity contribution in [3.8, 4) is 11.5 Å². The summed E-state index contributed by atoms with van der Waals surface area (Å²) in [7, 11) is 0. The molecule has 0 saturated carbocycles. The number of ether oxygens (including phenoxy) is 2. The smallest absolute Gasteiger partial charge is 0.172 e. The van der Waals surface area contributed by atoms with Crippen molar-refractivity contribution in [1.82, 2.24) is 19.9 Å². The standard InChI is InChI=1S/C13H10BrN5O2S/c14-6-3-7-8(21-2-1-20-7)4-9(6)22-13-18-10-11(15)16-5-17-12(10)19-13/h3-5H,1-2H2,(H3,15,16,17,18,19). The molecule has 0 amide bonds. The van der Waals surface area contributed by atoms with Crippen LogP contribution in [0.3, 0.4) is 0 Å². The number of hydrogen-bond acceptors (Lipinski definition) is 7. The zero-order chi connectivity index (χ0) is 15.1. The quantitative estimate of drug-likeness (QED) is 0.705. The van der Waals surface area contributed by atoms with E-state index in [0.29, 0.717) is 35.4 Å². The maximum atomic E-state index is 5.80. The van der Waals surface area contributed by atoms with Gasteiger partial charge in [0.2, 0.25) is 0 Å². The highest BCUT2D eigenvalue weighted by atomic mass is 79.9. The van der Waals surface area contributed by atoms with Crippen LogP contribution in [0.2, 0.25) is 0 Å². The zero-order valence-corrected chi connectivity index (χ0v) is 13.6. The molecule has 1 aliphatic rings. The number of imidazole rings is 1. The summed E-state index contributed by atoms with van der Waals surface area (Å²) in [5, 5.41) is 0.680. The number of anilines is 1. The maximum absolute atomic E-state index is 5.80. The first kappa shape index (κ1) is 13.6. The summed E-state index contributed by atoms with van der Waals surface area (Å²) in [4.78, 5) is 16.5. The highest BCUT2D eigenvalue weighted by Gasteiger charge is 2.17. The summed E-state index contributed by atoms with van der Waals surface area (Å²) in [6, 6.07) is 3.82. The molecule has 0 aliphatic carbocycles. The van der Waals surface area contributed by atoms with Crippen LogP contribution in [-0.2, 0) is 0 Å². The van der Waals surface area contributed by atoms with Gasteiger partial charge in [-0.1, -0.05) is 11.8 Å². The molecule has 1 aromatic carbocycles. The van der Waals surface area contributed by atoms with Gasteiger partial charge in [-0.25, -0.2) is 15.0 Å². The molecule has 0 radical (unpaired) electrons. The van der Waals surface area contributed by atoms with E-state index in [4.69, 9.17) is 15.2 Å². The van der Waals surface area contributed by atoms with Gasteiger partial charge in [0.25, 0.3) is 0 Å². The molecule has 112 valence electrons. The molecule has 3 heterocycles. The van der Waals surface area contributed by atoms with E-state index in [0.717, 1.165) is 20.9 Å². The molecule has 0 fully saturated rings. The molecular weight excluding hydrogens is 370 g/mol. The molecule has 4 rings (SSSR count). The number of aromatic nitrogens is 4. The van der Waals surface area contributed by atoms with E-state index < -0.39 is 0 Å². The first-order chi connectivity index (χ1) is 10.7. The van der Waals surface area contributed by atoms with Gasteiger partial charge in [0, 0.05) is 9.37 Å². The Balaban J connectivity index is 1.71. The van der Waals surface area contributed by atoms with Gasteiger partial charge in [-0.05, 0) is 28.1 Å². The van der Waals surface area contributed by atoms with Crippen LogP contribution < -0.4 is 15.2 Å². The molecule has 0 unspecified atom stereocenters. The second kappa shape index (κ2) is 5.33. The summed E-state index contributed by atoms with van der Waals surface area (Å²) in [5.41, 5.74) is 6.98. The highest BCUT2D eigenvalue weighted by Crippen LogP contribution is 2.41. The van der Waals surface area contributed by atoms with Crippen molar-refractivity contribution in [2.24, 2.45) is 0 Å². The van der Waals surface area contributed by atoms with Gasteiger partial charge in [0.1, 0.15) is 19.5 Å². The van der Waals surface area contributed by atoms with E-state index in [1.54, 1.807) is 0 Å². The predicted octanol–water partition coefficient (Wildman–Crippen LogP) is 2.62. The molecule has 1 aliphatic heterocycles. The van der Waals surface area contributed by atoms with Gasteiger partial charge in [0.05, 0.1) is 0 Å². The number of fused-ring (bicyclic) bond motifs is 2. The number of benzene rings is 1. The average molecular weight is 380 g/mol. The fourth-order valence-electron chi connectivity index (χ4n) is 2.10. The Morgan fingerprint density at radius 1 is 1.18 bits per heavy atom. The number of hydrogen-bond donors (Lipinski definition) is 2. The van der Waals surface area contributed by atoms with Crippen molar-refractivity contribution >= 4 is 44.7 Å². The second-order valence-corrected chi connectivity index (χ2v) is 6.41. The lowest BCUT2D eigenvalue weighted by Crippen LogP contribution is -2.15. The van der Waals surface area contributed by atoms with Crippen LogP contribution in [0.5, 0.6) is 11.5 Å². The van der Waals surface area contributed by atoms with Crippen molar-refractivity contribution < 1.29 is 9.47 Å². The van der Waals surface area contributed by atoms with E-state index in [2.05, 4.69) is 35.9 Å². The number of halogens is 1. The molecule has 9 heteroatoms. The van der Waals surface area contributed by atoms with Crippen molar-refractivity contribution in [1.29, 1.82) is 0 Å². The second-order valence-electron chi connectivity index (χ2n) is 4.53. The van der Waals surface area contributed by atoms with Gasteiger partial charge in [-0.15, -0.1) is 0 Å². The Morgan fingerprint density at radius 2 is 1.95 bits per heavy atom. The molecule has 0 spiro atoms. The normalized spacial score (nSPS) is 13.5. The lowest BCUT2D eigenvalue weighted by molar-refractivity contribution is 0.171. The SMILES string of the molecule is Nc1ncnc2[nH]c(Sc3cc4c(cc3Br)OCCO4)nc12. The minimum Gasteiger partial charge on any atom is -0.486 e. The van der Waals surface area contributed by atoms with Crippen molar-refractivity contribution in [2.45, 2.75) is 10.1 Å². The van der Waals surface area contributed by atoms with Gasteiger partial charge in [-0.2, -0.15) is 0 Å². The van der Waals surface area contributed by atoms with E-state index >= 15 is 0 Å². The predicted molar refractivity (Wildman–Crippen MR) is 85.4 cm³/mol. The number of nitrogens with one attached hydrogen (secondary N) is 1. The van der Waals surface area contributed by atoms with Gasteiger partial charge >= 0.3 is 0 Å². The minimum absolute atomic E-state index is 0.356. The number of nitrogens with two attached hydrogens (primary N) is 1. The van der Waals surface area contributed by atoms with Gasteiger partial charge < -0.3 is 20.2 Å². The summed E-state index contributed by atoms with van der Waals surface area (Å²) in [6.45, 7) is 1.11. The third-order valence-corrected chi connectivity index (χ3v) is 4.96. The molecule has 0 bridgehead atoms. The first-order valence-electron chi connectivity index (χ1n) is 6.44. The first-order valence-corrected chi connectivity index (χ1v) is 8.05. The molecular formula is C13H10BrN5O2S. The molecule has 0 saturated heterocycles. The summed E-state index contributed by atoms with van der Waals surface area (Å²) in [6.07, 6.45) is 1.41. The number of nitrogens with zero attached hydrogens (tertiary/aromatic N) is 3. The van der Waals surface area contributed by atoms with E-state index in [-0.39, 0.29) is 0 Å². The van der Waals surface area contributed by atoms with E-state index in [1.807, 2.05) is 12.1 Å². The van der Waals surface area contributed by atoms with Gasteiger partial charge in [-0.3, -0.25) is 0 Å². The molecule has 3 aromatic rings. The Bertz CT molecular complexity index is 869. The zero-order valence-electron chi connectivity index (χ0n) is 11.2. The number of rotatable bonds is 2. The molecule has 7 nitrogen and oxygen atoms in total. The van der Waals surface area contributed by atoms with Crippen LogP contribution in [0.4, 0.5) is 5.82 Å². The lowest BCUT2D eigenvalue weighted by Gasteiger charge is -2.19. The largest absolute Gasteiger partial charge is 0.486 e. The van der Waals surface area contributed by atoms with Crippen molar-refractivity contribution in [3.63, 3.8) is 0 Å². The third-order valence-electron chi connectivity index (χ3n) is 3.09. The topological polar surface area (TPSA) is 98.9 Å². The van der Waals surface area contributed by atoms with Crippen LogP contribution in [0, 0.1) is 0 Å². The molecule has 3 N–H and O–H groups in total. The fourth-order valence-corrected chi connectivity index (χ4v) is 3.48. The van der Waals surface area contributed by atoms with Crippen molar-refractivity contribution in [3.05, 3.63) is 22.9 Å². The Labute approximate surface area is 137 Å². The van der Waals surface area contributed by atoms with Gasteiger partial charge in [0.15, 0.2) is 33.6 Å². The maximum Gasteiger partial charge on any atom is 0.172 e.